The molecule has 3 heteroatoms. The van der Waals surface area contributed by atoms with Crippen molar-refractivity contribution in [1.29, 1.82) is 0 Å². The van der Waals surface area contributed by atoms with Gasteiger partial charge in [-0.2, -0.15) is 0 Å². The van der Waals surface area contributed by atoms with Gasteiger partial charge in [-0.1, -0.05) is 18.2 Å². The van der Waals surface area contributed by atoms with Gasteiger partial charge in [-0.3, -0.25) is 0 Å². The molecule has 52 valence electrons. The molecular weight excluding hydrogens is 148 g/mol. The number of hydrogen-bond acceptors (Lipinski definition) is 2. The molecule has 0 fully saturated rings. The maximum Gasteiger partial charge on any atom is 0.131 e. The topological polar surface area (TPSA) is 38.9 Å². The van der Waals surface area contributed by atoms with Gasteiger partial charge in [-0.15, -0.1) is 0 Å². The zero-order chi connectivity index (χ0) is 7.56. The van der Waals surface area contributed by atoms with Crippen LogP contribution in [0.25, 0.3) is 6.08 Å². The Bertz CT molecular complexity index is 238. The number of pyridine rings is 1. The summed E-state index contributed by atoms with van der Waals surface area (Å²) in [4.78, 5) is 3.92. The van der Waals surface area contributed by atoms with Crippen molar-refractivity contribution in [3.63, 3.8) is 0 Å². The predicted molar refractivity (Wildman–Crippen MR) is 43.8 cm³/mol. The Morgan fingerprint density at radius 2 is 2.30 bits per heavy atom. The number of halogens is 1. The second kappa shape index (κ2) is 2.71. The Morgan fingerprint density at radius 1 is 1.60 bits per heavy atom. The number of nitrogen functional groups attached to an aromatic ring is 1. The van der Waals surface area contributed by atoms with E-state index in [1.807, 2.05) is 0 Å². The standard InChI is InChI=1S/C7H7ClN2/c1-2-6-3-5(9)4-7(8)10-6/h2-4H,1H2,(H2,9,10). The van der Waals surface area contributed by atoms with Crippen LogP contribution in [0.5, 0.6) is 0 Å². The molecule has 0 atom stereocenters. The van der Waals surface area contributed by atoms with Gasteiger partial charge in [0.05, 0.1) is 5.69 Å². The molecule has 2 nitrogen and oxygen atoms in total. The molecule has 0 saturated heterocycles. The zero-order valence-electron chi connectivity index (χ0n) is 5.34. The van der Waals surface area contributed by atoms with E-state index in [1.165, 1.54) is 0 Å². The van der Waals surface area contributed by atoms with Gasteiger partial charge in [0, 0.05) is 5.69 Å². The van der Waals surface area contributed by atoms with E-state index in [2.05, 4.69) is 11.6 Å². The molecule has 0 aliphatic carbocycles. The van der Waals surface area contributed by atoms with Crippen LogP contribution in [-0.4, -0.2) is 4.98 Å². The summed E-state index contributed by atoms with van der Waals surface area (Å²) < 4.78 is 0. The van der Waals surface area contributed by atoms with Crippen LogP contribution in [0.15, 0.2) is 18.7 Å². The Hall–Kier alpha value is -1.02. The summed E-state index contributed by atoms with van der Waals surface area (Å²) in [6, 6.07) is 3.30. The summed E-state index contributed by atoms with van der Waals surface area (Å²) in [5.41, 5.74) is 6.77. The fourth-order valence-electron chi connectivity index (χ4n) is 0.642. The third-order valence-corrected chi connectivity index (χ3v) is 1.24. The van der Waals surface area contributed by atoms with Gasteiger partial charge in [-0.25, -0.2) is 4.98 Å². The predicted octanol–water partition coefficient (Wildman–Crippen LogP) is 1.96. The quantitative estimate of drug-likeness (QED) is 0.628. The van der Waals surface area contributed by atoms with Crippen molar-refractivity contribution in [3.8, 4) is 0 Å². The molecule has 0 unspecified atom stereocenters. The molecule has 1 aromatic rings. The van der Waals surface area contributed by atoms with E-state index >= 15 is 0 Å². The lowest BCUT2D eigenvalue weighted by Crippen LogP contribution is -1.88. The molecule has 0 aliphatic heterocycles. The number of hydrogen-bond donors (Lipinski definition) is 1. The van der Waals surface area contributed by atoms with E-state index in [-0.39, 0.29) is 0 Å². The van der Waals surface area contributed by atoms with Crippen molar-refractivity contribution >= 4 is 23.4 Å². The highest BCUT2D eigenvalue weighted by Gasteiger charge is 1.93. The number of aromatic nitrogens is 1. The number of rotatable bonds is 1. The van der Waals surface area contributed by atoms with Crippen LogP contribution in [0.2, 0.25) is 5.15 Å². The maximum absolute atomic E-state index is 5.59. The molecular formula is C7H7ClN2. The van der Waals surface area contributed by atoms with Crippen LogP contribution in [0.1, 0.15) is 5.69 Å². The van der Waals surface area contributed by atoms with Crippen LogP contribution >= 0.6 is 11.6 Å². The van der Waals surface area contributed by atoms with E-state index < -0.39 is 0 Å². The van der Waals surface area contributed by atoms with Crippen molar-refractivity contribution in [1.82, 2.24) is 4.98 Å². The first-order chi connectivity index (χ1) is 4.72. The van der Waals surface area contributed by atoms with Crippen LogP contribution in [-0.2, 0) is 0 Å². The molecule has 0 radical (unpaired) electrons. The first-order valence-corrected chi connectivity index (χ1v) is 3.15. The lowest BCUT2D eigenvalue weighted by atomic mass is 10.3. The third-order valence-electron chi connectivity index (χ3n) is 1.05. The minimum absolute atomic E-state index is 0.398. The highest BCUT2D eigenvalue weighted by atomic mass is 35.5. The smallest absolute Gasteiger partial charge is 0.131 e. The van der Waals surface area contributed by atoms with Crippen LogP contribution in [0.3, 0.4) is 0 Å². The second-order valence-corrected chi connectivity index (χ2v) is 2.24. The van der Waals surface area contributed by atoms with Crippen molar-refractivity contribution in [2.24, 2.45) is 0 Å². The first-order valence-electron chi connectivity index (χ1n) is 2.78. The molecule has 1 aromatic heterocycles. The average Bonchev–Trinajstić information content (AvgIpc) is 1.85. The Kier molecular flexibility index (Phi) is 1.92. The molecule has 0 spiro atoms. The summed E-state index contributed by atoms with van der Waals surface area (Å²) in [6.07, 6.45) is 1.60. The largest absolute Gasteiger partial charge is 0.399 e. The Labute approximate surface area is 64.3 Å². The number of nitrogens with two attached hydrogens (primary N) is 1. The normalized spacial score (nSPS) is 9.30. The fraction of sp³-hybridized carbons (Fsp3) is 0. The molecule has 1 rings (SSSR count). The molecule has 0 aromatic carbocycles. The van der Waals surface area contributed by atoms with Gasteiger partial charge in [-0.05, 0) is 18.2 Å². The van der Waals surface area contributed by atoms with Crippen molar-refractivity contribution < 1.29 is 0 Å². The summed E-state index contributed by atoms with van der Waals surface area (Å²) in [5, 5.41) is 0.398. The van der Waals surface area contributed by atoms with Crippen LogP contribution in [0.4, 0.5) is 5.69 Å². The SMILES string of the molecule is C=Cc1cc(N)cc(Cl)n1. The molecule has 0 saturated carbocycles. The highest BCUT2D eigenvalue weighted by molar-refractivity contribution is 6.29. The lowest BCUT2D eigenvalue weighted by Gasteiger charge is -1.95. The number of nitrogens with zero attached hydrogens (tertiary/aromatic N) is 1. The average molecular weight is 155 g/mol. The summed E-state index contributed by atoms with van der Waals surface area (Å²) in [5.74, 6) is 0. The van der Waals surface area contributed by atoms with Gasteiger partial charge in [0.2, 0.25) is 0 Å². The molecule has 2 N–H and O–H groups in total. The summed E-state index contributed by atoms with van der Waals surface area (Å²) in [7, 11) is 0. The van der Waals surface area contributed by atoms with Crippen LogP contribution in [0, 0.1) is 0 Å². The molecule has 0 aliphatic rings. The third kappa shape index (κ3) is 1.48. The number of anilines is 1. The molecule has 0 amide bonds. The van der Waals surface area contributed by atoms with E-state index in [0.29, 0.717) is 16.5 Å². The summed E-state index contributed by atoms with van der Waals surface area (Å²) in [6.45, 7) is 3.54. The lowest BCUT2D eigenvalue weighted by molar-refractivity contribution is 1.30. The van der Waals surface area contributed by atoms with E-state index in [1.54, 1.807) is 18.2 Å². The second-order valence-electron chi connectivity index (χ2n) is 1.85. The highest BCUT2D eigenvalue weighted by Crippen LogP contribution is 2.12. The van der Waals surface area contributed by atoms with Crippen molar-refractivity contribution in [2.75, 3.05) is 5.73 Å². The minimum atomic E-state index is 0.398. The van der Waals surface area contributed by atoms with E-state index in [9.17, 15) is 0 Å². The van der Waals surface area contributed by atoms with E-state index in [0.717, 1.165) is 0 Å². The van der Waals surface area contributed by atoms with Crippen molar-refractivity contribution in [2.45, 2.75) is 0 Å². The molecule has 1 heterocycles. The minimum Gasteiger partial charge on any atom is -0.399 e. The zero-order valence-corrected chi connectivity index (χ0v) is 6.10. The van der Waals surface area contributed by atoms with Crippen molar-refractivity contribution in [3.05, 3.63) is 29.6 Å². The summed E-state index contributed by atoms with van der Waals surface area (Å²) >= 11 is 5.59. The maximum atomic E-state index is 5.59. The first kappa shape index (κ1) is 7.09. The van der Waals surface area contributed by atoms with Gasteiger partial charge < -0.3 is 5.73 Å². The van der Waals surface area contributed by atoms with Gasteiger partial charge in [0.15, 0.2) is 0 Å². The fourth-order valence-corrected chi connectivity index (χ4v) is 0.866. The van der Waals surface area contributed by atoms with Gasteiger partial charge in [0.1, 0.15) is 5.15 Å². The van der Waals surface area contributed by atoms with Gasteiger partial charge in [0.25, 0.3) is 0 Å². The van der Waals surface area contributed by atoms with E-state index in [4.69, 9.17) is 17.3 Å². The van der Waals surface area contributed by atoms with Gasteiger partial charge >= 0.3 is 0 Å². The van der Waals surface area contributed by atoms with Crippen LogP contribution < -0.4 is 5.73 Å². The monoisotopic (exact) mass is 154 g/mol. The molecule has 0 bridgehead atoms. The Balaban J connectivity index is 3.18. The Morgan fingerprint density at radius 3 is 2.80 bits per heavy atom. The molecule has 10 heavy (non-hydrogen) atoms.